The molecular weight excluding hydrogens is 301 g/mol. The van der Waals surface area contributed by atoms with Crippen LogP contribution in [0.2, 0.25) is 0 Å². The summed E-state index contributed by atoms with van der Waals surface area (Å²) in [6.07, 6.45) is 0. The maximum Gasteiger partial charge on any atom is 1.00 e. The van der Waals surface area contributed by atoms with Crippen LogP contribution in [0.3, 0.4) is 0 Å². The fourth-order valence-electron chi connectivity index (χ4n) is 1.38. The number of carboxylic acids is 1. The van der Waals surface area contributed by atoms with Crippen molar-refractivity contribution >= 4 is 41.0 Å². The van der Waals surface area contributed by atoms with Crippen LogP contribution in [-0.4, -0.2) is 16.1 Å². The third kappa shape index (κ3) is 5.64. The maximum absolute atomic E-state index is 10.2. The van der Waals surface area contributed by atoms with E-state index in [-0.39, 0.29) is 43.1 Å². The zero-order chi connectivity index (χ0) is 12.8. The molecule has 0 unspecified atom stereocenters. The van der Waals surface area contributed by atoms with Crippen LogP contribution in [0.4, 0.5) is 0 Å². The molecule has 0 spiro atoms. The molecule has 3 aromatic rings. The second-order valence-corrected chi connectivity index (χ2v) is 4.38. The smallest absolute Gasteiger partial charge is 0.813 e. The molecule has 1 aromatic heterocycles. The monoisotopic (exact) mass is 313 g/mol. The Kier molecular flexibility index (Phi) is 9.54. The number of aromatic carboxylic acids is 1. The van der Waals surface area contributed by atoms with Gasteiger partial charge in [-0.25, -0.2) is 9.78 Å². The van der Waals surface area contributed by atoms with E-state index < -0.39 is 5.97 Å². The zero-order valence-corrected chi connectivity index (χ0v) is 14.6. The summed E-state index contributed by atoms with van der Waals surface area (Å²) in [6.45, 7) is 0. The topological polar surface area (TPSA) is 50.2 Å². The molecule has 1 heterocycles. The number of nitrogens with zero attached hydrogens (tertiary/aromatic N) is 1. The number of aromatic nitrogens is 1. The number of hydrogen-bond acceptors (Lipinski definition) is 4. The first kappa shape index (κ1) is 19.1. The van der Waals surface area contributed by atoms with Gasteiger partial charge in [0.15, 0.2) is 0 Å². The summed E-state index contributed by atoms with van der Waals surface area (Å²) in [6, 6.07) is 16.4. The van der Waals surface area contributed by atoms with Gasteiger partial charge in [-0.3, -0.25) is 0 Å². The molecule has 0 bridgehead atoms. The van der Waals surface area contributed by atoms with Crippen LogP contribution in [0.1, 0.15) is 10.4 Å². The summed E-state index contributed by atoms with van der Waals surface area (Å²) in [7, 11) is 0. The van der Waals surface area contributed by atoms with Crippen LogP contribution in [0.25, 0.3) is 10.2 Å². The number of rotatable bonds is 1. The van der Waals surface area contributed by atoms with E-state index >= 15 is 0 Å². The first-order valence-corrected chi connectivity index (χ1v) is 6.22. The van der Waals surface area contributed by atoms with Crippen molar-refractivity contribution < 1.29 is 39.5 Å². The number of carbonyl (C=O) groups is 1. The van der Waals surface area contributed by atoms with E-state index in [1.165, 1.54) is 4.70 Å². The first-order chi connectivity index (χ1) is 8.77. The van der Waals surface area contributed by atoms with Crippen molar-refractivity contribution in [2.75, 3.05) is 0 Å². The predicted molar refractivity (Wildman–Crippen MR) is 81.8 cm³/mol. The number of hydrogen-bond donors (Lipinski definition) is 1. The molecule has 1 N–H and O–H groups in total. The number of benzene rings is 2. The second-order valence-electron chi connectivity index (χ2n) is 3.49. The molecule has 0 saturated heterocycles. The summed E-state index contributed by atoms with van der Waals surface area (Å²) in [4.78, 5) is 14.3. The molecule has 98 valence electrons. The summed E-state index contributed by atoms with van der Waals surface area (Å²) in [5.41, 5.74) is 3.30. The van der Waals surface area contributed by atoms with Gasteiger partial charge in [0.2, 0.25) is 0 Å². The minimum atomic E-state index is -0.879. The van der Waals surface area contributed by atoms with E-state index in [1.54, 1.807) is 41.7 Å². The minimum Gasteiger partial charge on any atom is -0.813 e. The van der Waals surface area contributed by atoms with E-state index in [9.17, 15) is 4.79 Å². The molecule has 3 nitrogen and oxygen atoms in total. The van der Waals surface area contributed by atoms with Gasteiger partial charge < -0.3 is 18.6 Å². The Morgan fingerprint density at radius 3 is 2.15 bits per heavy atom. The molecule has 0 fully saturated rings. The predicted octanol–water partition coefficient (Wildman–Crippen LogP) is 0.415. The molecule has 20 heavy (non-hydrogen) atoms. The van der Waals surface area contributed by atoms with Gasteiger partial charge in [0, 0.05) is 0 Å². The number of thiazole rings is 1. The summed E-state index contributed by atoms with van der Waals surface area (Å²) in [5.74, 6) is -0.879. The Morgan fingerprint density at radius 2 is 1.60 bits per heavy atom. The van der Waals surface area contributed by atoms with Crippen LogP contribution < -0.4 is 29.6 Å². The molecule has 2 aromatic carbocycles. The molecule has 6 heteroatoms. The average Bonchev–Trinajstić information content (AvgIpc) is 2.89. The van der Waals surface area contributed by atoms with E-state index in [0.717, 1.165) is 5.52 Å². The van der Waals surface area contributed by atoms with E-state index in [2.05, 4.69) is 11.1 Å². The van der Waals surface area contributed by atoms with Crippen LogP contribution in [0.15, 0.2) is 60.1 Å². The molecular formula is C14H12NNaO2S2. The van der Waals surface area contributed by atoms with Gasteiger partial charge >= 0.3 is 35.5 Å². The van der Waals surface area contributed by atoms with Crippen molar-refractivity contribution in [3.63, 3.8) is 0 Å². The summed E-state index contributed by atoms with van der Waals surface area (Å²) in [5, 5.41) is 8.38. The van der Waals surface area contributed by atoms with Gasteiger partial charge in [-0.2, -0.15) is 0 Å². The summed E-state index contributed by atoms with van der Waals surface area (Å²) < 4.78 is 1.26. The maximum atomic E-state index is 10.2. The van der Waals surface area contributed by atoms with Crippen molar-refractivity contribution in [1.29, 1.82) is 0 Å². The third-order valence-electron chi connectivity index (χ3n) is 2.26. The number of fused-ring (bicyclic) bond motifs is 1. The van der Waals surface area contributed by atoms with Gasteiger partial charge in [0.25, 0.3) is 0 Å². The Bertz CT molecular complexity index is 613. The normalized spacial score (nSPS) is 8.60. The van der Waals surface area contributed by atoms with Crippen LogP contribution >= 0.6 is 11.3 Å². The van der Waals surface area contributed by atoms with Crippen LogP contribution in [0.5, 0.6) is 0 Å². The molecule has 3 rings (SSSR count). The Hall–Kier alpha value is -0.850. The van der Waals surface area contributed by atoms with Crippen LogP contribution in [0, 0.1) is 0 Å². The molecule has 0 amide bonds. The quantitative estimate of drug-likeness (QED) is 0.402. The Morgan fingerprint density at radius 1 is 1.00 bits per heavy atom. The fraction of sp³-hybridized carbons (Fsp3) is 0. The number of para-hydroxylation sites is 1. The van der Waals surface area contributed by atoms with Crippen LogP contribution in [-0.2, 0) is 13.5 Å². The molecule has 0 aliphatic carbocycles. The van der Waals surface area contributed by atoms with Gasteiger partial charge in [-0.05, 0) is 24.3 Å². The van der Waals surface area contributed by atoms with Crippen molar-refractivity contribution in [1.82, 2.24) is 4.98 Å². The van der Waals surface area contributed by atoms with E-state index in [1.807, 2.05) is 23.7 Å². The molecule has 0 atom stereocenters. The first-order valence-electron chi connectivity index (χ1n) is 5.34. The number of thiol groups is 1. The summed E-state index contributed by atoms with van der Waals surface area (Å²) >= 11 is 1.68. The number of carboxylic acid groups (broad SMARTS) is 1. The Labute approximate surface area is 150 Å². The second kappa shape index (κ2) is 9.96. The minimum absolute atomic E-state index is 0. The van der Waals surface area contributed by atoms with Gasteiger partial charge in [-0.15, -0.1) is 11.3 Å². The van der Waals surface area contributed by atoms with Crippen molar-refractivity contribution in [2.45, 2.75) is 0 Å². The molecule has 0 aliphatic heterocycles. The fourth-order valence-corrected chi connectivity index (χ4v) is 2.06. The SMILES string of the molecule is O=C(O)c1ccccc1.[Na+].[SH-].c1ccc2scnc2c1. The van der Waals surface area contributed by atoms with Gasteiger partial charge in [-0.1, -0.05) is 30.3 Å². The average molecular weight is 313 g/mol. The van der Waals surface area contributed by atoms with E-state index in [4.69, 9.17) is 5.11 Å². The van der Waals surface area contributed by atoms with Gasteiger partial charge in [0.1, 0.15) is 0 Å². The zero-order valence-electron chi connectivity index (χ0n) is 10.9. The molecule has 0 aliphatic rings. The van der Waals surface area contributed by atoms with E-state index in [0.29, 0.717) is 5.56 Å². The molecule has 0 radical (unpaired) electrons. The van der Waals surface area contributed by atoms with Crippen molar-refractivity contribution in [2.24, 2.45) is 0 Å². The largest absolute Gasteiger partial charge is 1.00 e. The van der Waals surface area contributed by atoms with Crippen molar-refractivity contribution in [3.8, 4) is 0 Å². The Balaban J connectivity index is 0.000000328. The molecule has 0 saturated carbocycles. The third-order valence-corrected chi connectivity index (χ3v) is 3.07. The standard InChI is InChI=1S/C7H5NS.C7H6O2.Na.H2S/c1-2-4-7-6(3-1)8-5-9-7;8-7(9)6-4-2-1-3-5-6;;/h1-5H;1-5H,(H,8,9);;1H2/q;;+1;/p-1. The van der Waals surface area contributed by atoms with Gasteiger partial charge in [0.05, 0.1) is 21.3 Å². The van der Waals surface area contributed by atoms with Crippen molar-refractivity contribution in [3.05, 3.63) is 65.7 Å².